The lowest BCUT2D eigenvalue weighted by atomic mass is 9.82. The van der Waals surface area contributed by atoms with E-state index in [4.69, 9.17) is 4.42 Å². The lowest BCUT2D eigenvalue weighted by molar-refractivity contribution is 0.422. The zero-order valence-electron chi connectivity index (χ0n) is 13.9. The van der Waals surface area contributed by atoms with Crippen LogP contribution in [0.25, 0.3) is 22.1 Å². The fraction of sp³-hybridized carbons (Fsp3) is 0.150. The first-order chi connectivity index (χ1) is 11.8. The van der Waals surface area contributed by atoms with Crippen molar-refractivity contribution in [3.63, 3.8) is 0 Å². The van der Waals surface area contributed by atoms with Gasteiger partial charge in [0, 0.05) is 17.0 Å². The third-order valence-corrected chi connectivity index (χ3v) is 4.35. The van der Waals surface area contributed by atoms with Gasteiger partial charge < -0.3 is 19.7 Å². The topological polar surface area (TPSA) is 90.9 Å². The fourth-order valence-electron chi connectivity index (χ4n) is 2.83. The molecule has 5 nitrogen and oxygen atoms in total. The third kappa shape index (κ3) is 2.63. The van der Waals surface area contributed by atoms with Crippen LogP contribution >= 0.6 is 0 Å². The third-order valence-electron chi connectivity index (χ3n) is 4.35. The van der Waals surface area contributed by atoms with Gasteiger partial charge in [-0.25, -0.2) is 0 Å². The minimum absolute atomic E-state index is 0.00620. The van der Waals surface area contributed by atoms with Crippen molar-refractivity contribution in [3.05, 3.63) is 65.0 Å². The van der Waals surface area contributed by atoms with Gasteiger partial charge in [-0.1, -0.05) is 32.1 Å². The number of benzene rings is 2. The maximum absolute atomic E-state index is 12.9. The van der Waals surface area contributed by atoms with Gasteiger partial charge in [-0.3, -0.25) is 4.79 Å². The summed E-state index contributed by atoms with van der Waals surface area (Å²) in [6.07, 6.45) is 2.85. The summed E-state index contributed by atoms with van der Waals surface area (Å²) in [5.74, 6) is -0.415. The van der Waals surface area contributed by atoms with E-state index < -0.39 is 10.8 Å². The summed E-state index contributed by atoms with van der Waals surface area (Å²) in [6.45, 7) is 7.26. The van der Waals surface area contributed by atoms with E-state index in [2.05, 4.69) is 6.58 Å². The first-order valence-electron chi connectivity index (χ1n) is 7.70. The molecule has 128 valence electrons. The predicted octanol–water partition coefficient (Wildman–Crippen LogP) is 4.04. The van der Waals surface area contributed by atoms with Crippen molar-refractivity contribution in [2.45, 2.75) is 19.3 Å². The lowest BCUT2D eigenvalue weighted by Crippen LogP contribution is -2.15. The Bertz CT molecular complexity index is 1030. The molecular weight excluding hydrogens is 320 g/mol. The second kappa shape index (κ2) is 5.70. The van der Waals surface area contributed by atoms with Crippen LogP contribution in [0.5, 0.6) is 17.2 Å². The molecule has 0 radical (unpaired) electrons. The Morgan fingerprint density at radius 3 is 2.36 bits per heavy atom. The number of phenolic OH excluding ortho intramolecular Hbond substituents is 3. The van der Waals surface area contributed by atoms with Gasteiger partial charge in [-0.15, -0.1) is 6.58 Å². The van der Waals surface area contributed by atoms with Crippen LogP contribution in [0.3, 0.4) is 0 Å². The summed E-state index contributed by atoms with van der Waals surface area (Å²) in [5.41, 5.74) is -0.0771. The van der Waals surface area contributed by atoms with E-state index >= 15 is 0 Å². The Hall–Kier alpha value is -3.21. The van der Waals surface area contributed by atoms with Crippen molar-refractivity contribution in [1.29, 1.82) is 0 Å². The summed E-state index contributed by atoms with van der Waals surface area (Å²) in [6, 6.07) is 7.40. The maximum Gasteiger partial charge on any atom is 0.204 e. The van der Waals surface area contributed by atoms with Gasteiger partial charge in [-0.2, -0.15) is 0 Å². The number of hydrogen-bond acceptors (Lipinski definition) is 5. The van der Waals surface area contributed by atoms with Crippen LogP contribution in [0.15, 0.2) is 58.5 Å². The van der Waals surface area contributed by atoms with Crippen molar-refractivity contribution in [2.75, 3.05) is 0 Å². The molecule has 0 atom stereocenters. The van der Waals surface area contributed by atoms with Gasteiger partial charge in [-0.05, 0) is 17.7 Å². The number of phenols is 3. The molecule has 25 heavy (non-hydrogen) atoms. The maximum atomic E-state index is 12.9. The molecule has 0 unspecified atom stereocenters. The quantitative estimate of drug-likeness (QED) is 0.627. The fourth-order valence-corrected chi connectivity index (χ4v) is 2.83. The van der Waals surface area contributed by atoms with E-state index in [0.29, 0.717) is 5.56 Å². The van der Waals surface area contributed by atoms with Crippen LogP contribution in [0.1, 0.15) is 19.4 Å². The van der Waals surface area contributed by atoms with E-state index in [9.17, 15) is 20.1 Å². The highest BCUT2D eigenvalue weighted by atomic mass is 16.3. The Morgan fingerprint density at radius 1 is 1.12 bits per heavy atom. The van der Waals surface area contributed by atoms with Crippen molar-refractivity contribution < 1.29 is 19.7 Å². The first kappa shape index (κ1) is 16.6. The smallest absolute Gasteiger partial charge is 0.204 e. The molecule has 0 spiro atoms. The average Bonchev–Trinajstić information content (AvgIpc) is 2.55. The normalized spacial score (nSPS) is 11.6. The predicted molar refractivity (Wildman–Crippen MR) is 96.1 cm³/mol. The molecule has 0 saturated carbocycles. The van der Waals surface area contributed by atoms with Gasteiger partial charge in [0.15, 0.2) is 0 Å². The second-order valence-electron chi connectivity index (χ2n) is 6.44. The number of allylic oxidation sites excluding steroid dienone is 1. The van der Waals surface area contributed by atoms with Gasteiger partial charge in [0.2, 0.25) is 5.43 Å². The van der Waals surface area contributed by atoms with Crippen molar-refractivity contribution in [3.8, 4) is 28.4 Å². The zero-order valence-corrected chi connectivity index (χ0v) is 13.9. The largest absolute Gasteiger partial charge is 0.508 e. The molecule has 0 saturated heterocycles. The van der Waals surface area contributed by atoms with E-state index in [0.717, 1.165) is 0 Å². The Balaban J connectivity index is 2.37. The van der Waals surface area contributed by atoms with Gasteiger partial charge in [0.25, 0.3) is 0 Å². The van der Waals surface area contributed by atoms with Crippen LogP contribution in [0.4, 0.5) is 0 Å². The molecule has 0 fully saturated rings. The highest BCUT2D eigenvalue weighted by Crippen LogP contribution is 2.42. The average molecular weight is 338 g/mol. The molecular formula is C20H18O5. The molecule has 3 aromatic rings. The molecule has 1 heterocycles. The molecule has 0 aliphatic carbocycles. The van der Waals surface area contributed by atoms with Gasteiger partial charge in [0.05, 0.1) is 5.56 Å². The Morgan fingerprint density at radius 2 is 1.76 bits per heavy atom. The van der Waals surface area contributed by atoms with Crippen molar-refractivity contribution >= 4 is 11.0 Å². The highest BCUT2D eigenvalue weighted by molar-refractivity contribution is 5.90. The summed E-state index contributed by atoms with van der Waals surface area (Å²) in [7, 11) is 0. The van der Waals surface area contributed by atoms with Gasteiger partial charge in [0.1, 0.15) is 34.5 Å². The summed E-state index contributed by atoms with van der Waals surface area (Å²) < 4.78 is 5.46. The van der Waals surface area contributed by atoms with E-state index in [-0.39, 0.29) is 39.3 Å². The minimum atomic E-state index is -0.747. The van der Waals surface area contributed by atoms with Crippen LogP contribution in [0.2, 0.25) is 0 Å². The van der Waals surface area contributed by atoms with Crippen LogP contribution < -0.4 is 5.43 Å². The molecule has 1 aromatic heterocycles. The molecule has 0 aliphatic heterocycles. The summed E-state index contributed by atoms with van der Waals surface area (Å²) in [5, 5.41) is 30.3. The molecule has 3 N–H and O–H groups in total. The van der Waals surface area contributed by atoms with Crippen LogP contribution in [0, 0.1) is 0 Å². The molecule has 0 aliphatic rings. The molecule has 0 amide bonds. The number of fused-ring (bicyclic) bond motifs is 1. The lowest BCUT2D eigenvalue weighted by Gasteiger charge is -2.23. The summed E-state index contributed by atoms with van der Waals surface area (Å²) in [4.78, 5) is 12.9. The first-order valence-corrected chi connectivity index (χ1v) is 7.70. The van der Waals surface area contributed by atoms with E-state index in [1.807, 2.05) is 0 Å². The standard InChI is InChI=1S/C20H18O5/c1-4-20(2,3)17-14(22)9-15-16(19(17)24)18(23)13(10-25-15)11-5-7-12(21)8-6-11/h4-10,21-22,24H,1H2,2-3H3. The van der Waals surface area contributed by atoms with E-state index in [1.165, 1.54) is 24.5 Å². The Kier molecular flexibility index (Phi) is 3.80. The number of hydrogen-bond donors (Lipinski definition) is 3. The number of rotatable bonds is 3. The SMILES string of the molecule is C=CC(C)(C)c1c(O)cc2occ(-c3ccc(O)cc3)c(=O)c2c1O. The molecule has 2 aromatic carbocycles. The summed E-state index contributed by atoms with van der Waals surface area (Å²) >= 11 is 0. The van der Waals surface area contributed by atoms with Crippen molar-refractivity contribution in [1.82, 2.24) is 0 Å². The van der Waals surface area contributed by atoms with E-state index in [1.54, 1.807) is 32.1 Å². The minimum Gasteiger partial charge on any atom is -0.508 e. The zero-order chi connectivity index (χ0) is 18.4. The second-order valence-corrected chi connectivity index (χ2v) is 6.44. The molecule has 5 heteroatoms. The van der Waals surface area contributed by atoms with Crippen LogP contribution in [-0.4, -0.2) is 15.3 Å². The van der Waals surface area contributed by atoms with Gasteiger partial charge >= 0.3 is 0 Å². The molecule has 0 bridgehead atoms. The number of aromatic hydroxyl groups is 3. The molecule has 3 rings (SSSR count). The monoisotopic (exact) mass is 338 g/mol. The highest BCUT2D eigenvalue weighted by Gasteiger charge is 2.28. The van der Waals surface area contributed by atoms with Crippen molar-refractivity contribution in [2.24, 2.45) is 0 Å². The Labute approximate surface area is 144 Å². The van der Waals surface area contributed by atoms with Crippen LogP contribution in [-0.2, 0) is 5.41 Å².